The molecule has 0 unspecified atom stereocenters. The summed E-state index contributed by atoms with van der Waals surface area (Å²) in [5.41, 5.74) is 1.62. The maximum atomic E-state index is 13.0. The number of amides is 1. The Bertz CT molecular complexity index is 896. The van der Waals surface area contributed by atoms with Crippen LogP contribution in [-0.2, 0) is 0 Å². The van der Waals surface area contributed by atoms with Crippen molar-refractivity contribution in [2.24, 2.45) is 0 Å². The minimum absolute atomic E-state index is 0.0605. The molecule has 1 N–H and O–H groups in total. The Morgan fingerprint density at radius 3 is 3.04 bits per heavy atom. The van der Waals surface area contributed by atoms with E-state index in [9.17, 15) is 4.79 Å². The zero-order chi connectivity index (χ0) is 17.4. The molecule has 1 aliphatic heterocycles. The lowest BCUT2D eigenvalue weighted by atomic mass is 9.96. The fourth-order valence-corrected chi connectivity index (χ4v) is 3.45. The molecule has 0 saturated carbocycles. The molecule has 2 aromatic heterocycles. The van der Waals surface area contributed by atoms with Gasteiger partial charge in [0.2, 0.25) is 5.89 Å². The van der Waals surface area contributed by atoms with Crippen LogP contribution in [0.1, 0.15) is 60.6 Å². The molecular weight excluding hydrogens is 316 g/mol. The highest BCUT2D eigenvalue weighted by Crippen LogP contribution is 2.28. The number of nitrogens with one attached hydrogen (secondary N) is 1. The van der Waals surface area contributed by atoms with Gasteiger partial charge in [-0.05, 0) is 25.0 Å². The maximum Gasteiger partial charge on any atom is 0.256 e. The fourth-order valence-electron chi connectivity index (χ4n) is 3.45. The molecule has 1 atom stereocenters. The number of nitrogens with zero attached hydrogens (tertiary/aromatic N) is 3. The Hall–Kier alpha value is -2.63. The number of hydrogen-bond donors (Lipinski definition) is 1. The van der Waals surface area contributed by atoms with Crippen LogP contribution in [0.2, 0.25) is 0 Å². The average molecular weight is 338 g/mol. The number of aromatic nitrogens is 3. The molecule has 1 saturated heterocycles. The van der Waals surface area contributed by atoms with Crippen molar-refractivity contribution in [3.63, 3.8) is 0 Å². The summed E-state index contributed by atoms with van der Waals surface area (Å²) in [6, 6.07) is 7.81. The number of aromatic amines is 1. The van der Waals surface area contributed by atoms with Crippen LogP contribution < -0.4 is 0 Å². The highest BCUT2D eigenvalue weighted by Gasteiger charge is 2.29. The molecule has 1 fully saturated rings. The Balaban J connectivity index is 1.56. The predicted octanol–water partition coefficient (Wildman–Crippen LogP) is 3.69. The number of hydrogen-bond acceptors (Lipinski definition) is 4. The Morgan fingerprint density at radius 1 is 1.36 bits per heavy atom. The van der Waals surface area contributed by atoms with Gasteiger partial charge in [-0.15, -0.1) is 0 Å². The second-order valence-electron chi connectivity index (χ2n) is 6.98. The van der Waals surface area contributed by atoms with Gasteiger partial charge in [-0.25, -0.2) is 0 Å². The number of likely N-dealkylation sites (tertiary alicyclic amines) is 1. The lowest BCUT2D eigenvalue weighted by molar-refractivity contribution is 0.0705. The van der Waals surface area contributed by atoms with E-state index in [4.69, 9.17) is 4.52 Å². The van der Waals surface area contributed by atoms with Crippen LogP contribution >= 0.6 is 0 Å². The van der Waals surface area contributed by atoms with Gasteiger partial charge in [-0.1, -0.05) is 31.1 Å². The van der Waals surface area contributed by atoms with Crippen molar-refractivity contribution in [3.8, 4) is 0 Å². The van der Waals surface area contributed by atoms with Crippen molar-refractivity contribution >= 4 is 16.8 Å². The molecule has 1 aliphatic rings. The predicted molar refractivity (Wildman–Crippen MR) is 94.6 cm³/mol. The number of para-hydroxylation sites is 1. The van der Waals surface area contributed by atoms with E-state index in [0.717, 1.165) is 41.7 Å². The molecular formula is C19H22N4O2. The monoisotopic (exact) mass is 338 g/mol. The third-order valence-corrected chi connectivity index (χ3v) is 4.84. The van der Waals surface area contributed by atoms with Gasteiger partial charge >= 0.3 is 0 Å². The molecule has 3 heterocycles. The zero-order valence-corrected chi connectivity index (χ0v) is 14.5. The normalized spacial score (nSPS) is 18.2. The average Bonchev–Trinajstić information content (AvgIpc) is 3.30. The number of piperidine rings is 1. The number of fused-ring (bicyclic) bond motifs is 1. The lowest BCUT2D eigenvalue weighted by Gasteiger charge is -2.31. The largest absolute Gasteiger partial charge is 0.361 e. The number of H-pyrrole nitrogens is 1. The summed E-state index contributed by atoms with van der Waals surface area (Å²) >= 11 is 0. The Kier molecular flexibility index (Phi) is 4.03. The summed E-state index contributed by atoms with van der Waals surface area (Å²) in [5, 5.41) is 5.19. The molecule has 0 aliphatic carbocycles. The van der Waals surface area contributed by atoms with E-state index in [1.807, 2.05) is 49.2 Å². The molecule has 0 bridgehead atoms. The van der Waals surface area contributed by atoms with E-state index in [1.165, 1.54) is 0 Å². The smallest absolute Gasteiger partial charge is 0.256 e. The van der Waals surface area contributed by atoms with Crippen molar-refractivity contribution in [1.82, 2.24) is 20.0 Å². The van der Waals surface area contributed by atoms with Crippen LogP contribution in [0.3, 0.4) is 0 Å². The van der Waals surface area contributed by atoms with E-state index >= 15 is 0 Å². The van der Waals surface area contributed by atoms with E-state index in [2.05, 4.69) is 15.1 Å². The fraction of sp³-hybridized carbons (Fsp3) is 0.421. The lowest BCUT2D eigenvalue weighted by Crippen LogP contribution is -2.39. The van der Waals surface area contributed by atoms with Crippen molar-refractivity contribution < 1.29 is 9.32 Å². The molecule has 4 rings (SSSR count). The number of carbonyl (C=O) groups excluding carboxylic acids is 1. The highest BCUT2D eigenvalue weighted by molar-refractivity contribution is 6.05. The number of rotatable bonds is 3. The van der Waals surface area contributed by atoms with Crippen molar-refractivity contribution in [1.29, 1.82) is 0 Å². The third kappa shape index (κ3) is 2.92. The van der Waals surface area contributed by atoms with Crippen LogP contribution in [0.25, 0.3) is 10.9 Å². The first kappa shape index (κ1) is 15.9. The Morgan fingerprint density at radius 2 is 2.24 bits per heavy atom. The minimum Gasteiger partial charge on any atom is -0.361 e. The molecule has 6 nitrogen and oxygen atoms in total. The first-order valence-corrected chi connectivity index (χ1v) is 8.82. The molecule has 6 heteroatoms. The van der Waals surface area contributed by atoms with E-state index in [-0.39, 0.29) is 17.7 Å². The van der Waals surface area contributed by atoms with Gasteiger partial charge in [-0.2, -0.15) is 4.98 Å². The van der Waals surface area contributed by atoms with Crippen LogP contribution in [0.5, 0.6) is 0 Å². The van der Waals surface area contributed by atoms with E-state index < -0.39 is 0 Å². The number of benzene rings is 1. The first-order chi connectivity index (χ1) is 12.1. The third-order valence-electron chi connectivity index (χ3n) is 4.84. The summed E-state index contributed by atoms with van der Waals surface area (Å²) in [5.74, 6) is 1.80. The summed E-state index contributed by atoms with van der Waals surface area (Å²) in [4.78, 5) is 22.7. The second-order valence-corrected chi connectivity index (χ2v) is 6.98. The number of carbonyl (C=O) groups is 1. The molecule has 25 heavy (non-hydrogen) atoms. The van der Waals surface area contributed by atoms with Crippen LogP contribution in [0.15, 0.2) is 35.0 Å². The molecule has 0 radical (unpaired) electrons. The standard InChI is InChI=1S/C19H22N4O2/c1-12(2)18-21-17(22-25-18)14-6-4-10-23(11-14)19(24)15-7-3-5-13-8-9-20-16(13)15/h3,5,7-9,12,14,20H,4,6,10-11H2,1-2H3/t14-/m1/s1. The quantitative estimate of drug-likeness (QED) is 0.790. The van der Waals surface area contributed by atoms with Gasteiger partial charge in [-0.3, -0.25) is 4.79 Å². The molecule has 3 aromatic rings. The van der Waals surface area contributed by atoms with Crippen LogP contribution in [-0.4, -0.2) is 39.0 Å². The summed E-state index contributed by atoms with van der Waals surface area (Å²) in [6.07, 6.45) is 3.80. The maximum absolute atomic E-state index is 13.0. The summed E-state index contributed by atoms with van der Waals surface area (Å²) in [6.45, 7) is 5.46. The van der Waals surface area contributed by atoms with E-state index in [0.29, 0.717) is 12.4 Å². The summed E-state index contributed by atoms with van der Waals surface area (Å²) in [7, 11) is 0. The molecule has 130 valence electrons. The zero-order valence-electron chi connectivity index (χ0n) is 14.5. The van der Waals surface area contributed by atoms with Gasteiger partial charge < -0.3 is 14.4 Å². The second kappa shape index (κ2) is 6.35. The van der Waals surface area contributed by atoms with Crippen LogP contribution in [0, 0.1) is 0 Å². The minimum atomic E-state index is 0.0605. The molecule has 0 spiro atoms. The SMILES string of the molecule is CC(C)c1nc([C@@H]2CCCN(C(=O)c3cccc4cc[nH]c34)C2)no1. The summed E-state index contributed by atoms with van der Waals surface area (Å²) < 4.78 is 5.34. The topological polar surface area (TPSA) is 75.0 Å². The van der Waals surface area contributed by atoms with Gasteiger partial charge in [0.05, 0.1) is 11.1 Å². The van der Waals surface area contributed by atoms with Gasteiger partial charge in [0.1, 0.15) is 0 Å². The van der Waals surface area contributed by atoms with Gasteiger partial charge in [0, 0.05) is 36.5 Å². The molecule has 1 aromatic carbocycles. The van der Waals surface area contributed by atoms with Gasteiger partial charge in [0.15, 0.2) is 5.82 Å². The van der Waals surface area contributed by atoms with Crippen molar-refractivity contribution in [3.05, 3.63) is 47.7 Å². The van der Waals surface area contributed by atoms with Crippen LogP contribution in [0.4, 0.5) is 0 Å². The highest BCUT2D eigenvalue weighted by atomic mass is 16.5. The van der Waals surface area contributed by atoms with Gasteiger partial charge in [0.25, 0.3) is 5.91 Å². The van der Waals surface area contributed by atoms with E-state index in [1.54, 1.807) is 0 Å². The molecule has 1 amide bonds. The van der Waals surface area contributed by atoms with Crippen molar-refractivity contribution in [2.75, 3.05) is 13.1 Å². The van der Waals surface area contributed by atoms with Crippen molar-refractivity contribution in [2.45, 2.75) is 38.5 Å². The Labute approximate surface area is 146 Å². The first-order valence-electron chi connectivity index (χ1n) is 8.82.